The largest absolute Gasteiger partial charge is 0.476 e. The first-order valence-electron chi connectivity index (χ1n) is 5.16. The lowest BCUT2D eigenvalue weighted by atomic mass is 10.2. The first kappa shape index (κ1) is 12.5. The molecule has 0 aliphatic heterocycles. The van der Waals surface area contributed by atoms with Crippen LogP contribution in [0.4, 0.5) is 5.82 Å². The maximum atomic E-state index is 10.7. The van der Waals surface area contributed by atoms with Crippen molar-refractivity contribution in [2.24, 2.45) is 0 Å². The van der Waals surface area contributed by atoms with E-state index >= 15 is 0 Å². The molecule has 0 aliphatic rings. The molecule has 1 unspecified atom stereocenters. The number of nitrogens with one attached hydrogen (secondary N) is 1. The van der Waals surface area contributed by atoms with Crippen LogP contribution in [0, 0.1) is 0 Å². The summed E-state index contributed by atoms with van der Waals surface area (Å²) in [5.74, 6) is -0.811. The number of nitrogens with zero attached hydrogens (tertiary/aromatic N) is 2. The van der Waals surface area contributed by atoms with Crippen molar-refractivity contribution in [3.05, 3.63) is 40.5 Å². The zero-order valence-electron chi connectivity index (χ0n) is 9.28. The number of thiophene rings is 1. The number of rotatable bonds is 5. The van der Waals surface area contributed by atoms with Crippen LogP contribution in [0.2, 0.25) is 0 Å². The van der Waals surface area contributed by atoms with Gasteiger partial charge in [-0.2, -0.15) is 11.3 Å². The number of aliphatic hydroxyl groups is 1. The van der Waals surface area contributed by atoms with Crippen LogP contribution in [0.3, 0.4) is 0 Å². The second-order valence-electron chi connectivity index (χ2n) is 3.55. The van der Waals surface area contributed by atoms with E-state index in [1.54, 1.807) is 0 Å². The highest BCUT2D eigenvalue weighted by Crippen LogP contribution is 2.16. The van der Waals surface area contributed by atoms with Gasteiger partial charge < -0.3 is 15.5 Å². The fourth-order valence-corrected chi connectivity index (χ4v) is 2.04. The van der Waals surface area contributed by atoms with Crippen LogP contribution in [0.5, 0.6) is 0 Å². The Morgan fingerprint density at radius 3 is 3.00 bits per heavy atom. The Kier molecular flexibility index (Phi) is 3.85. The summed E-state index contributed by atoms with van der Waals surface area (Å²) in [5.41, 5.74) is 0.680. The molecule has 0 bridgehead atoms. The standard InChI is InChI=1S/C11H11N3O3S/c15-9(7-1-2-18-6-7)4-13-10-5-12-3-8(14-10)11(16)17/h1-3,5-6,9,15H,4H2,(H,13,14)(H,16,17). The van der Waals surface area contributed by atoms with Gasteiger partial charge in [-0.25, -0.2) is 9.78 Å². The quantitative estimate of drug-likeness (QED) is 0.756. The van der Waals surface area contributed by atoms with Crippen molar-refractivity contribution in [1.29, 1.82) is 0 Å². The van der Waals surface area contributed by atoms with Gasteiger partial charge in [-0.3, -0.25) is 4.98 Å². The maximum absolute atomic E-state index is 10.7. The molecule has 0 spiro atoms. The van der Waals surface area contributed by atoms with E-state index in [4.69, 9.17) is 5.11 Å². The Labute approximate surface area is 107 Å². The summed E-state index contributed by atoms with van der Waals surface area (Å²) in [6.45, 7) is 0.245. The van der Waals surface area contributed by atoms with E-state index in [0.717, 1.165) is 5.56 Å². The molecule has 0 radical (unpaired) electrons. The van der Waals surface area contributed by atoms with Crippen LogP contribution in [-0.2, 0) is 0 Å². The van der Waals surface area contributed by atoms with Crippen LogP contribution >= 0.6 is 11.3 Å². The van der Waals surface area contributed by atoms with Crippen molar-refractivity contribution in [2.45, 2.75) is 6.10 Å². The normalized spacial score (nSPS) is 12.1. The van der Waals surface area contributed by atoms with E-state index < -0.39 is 12.1 Å². The van der Waals surface area contributed by atoms with Gasteiger partial charge >= 0.3 is 5.97 Å². The molecular formula is C11H11N3O3S. The van der Waals surface area contributed by atoms with Gasteiger partial charge in [0.25, 0.3) is 0 Å². The molecule has 0 saturated heterocycles. The highest BCUT2D eigenvalue weighted by atomic mass is 32.1. The molecule has 0 aliphatic carbocycles. The summed E-state index contributed by atoms with van der Waals surface area (Å²) in [6.07, 6.45) is 1.92. The predicted molar refractivity (Wildman–Crippen MR) is 66.8 cm³/mol. The van der Waals surface area contributed by atoms with E-state index in [2.05, 4.69) is 15.3 Å². The van der Waals surface area contributed by atoms with E-state index in [9.17, 15) is 9.90 Å². The predicted octanol–water partition coefficient (Wildman–Crippen LogP) is 1.38. The minimum atomic E-state index is -1.13. The molecule has 0 amide bonds. The van der Waals surface area contributed by atoms with Gasteiger partial charge in [-0.05, 0) is 22.4 Å². The third-order valence-electron chi connectivity index (χ3n) is 2.26. The first-order chi connectivity index (χ1) is 8.66. The molecule has 2 heterocycles. The Morgan fingerprint density at radius 2 is 2.33 bits per heavy atom. The summed E-state index contributed by atoms with van der Waals surface area (Å²) in [7, 11) is 0. The fraction of sp³-hybridized carbons (Fsp3) is 0.182. The van der Waals surface area contributed by atoms with Crippen LogP contribution < -0.4 is 5.32 Å². The number of anilines is 1. The molecule has 3 N–H and O–H groups in total. The first-order valence-corrected chi connectivity index (χ1v) is 6.10. The van der Waals surface area contributed by atoms with Gasteiger partial charge in [0.2, 0.25) is 0 Å². The van der Waals surface area contributed by atoms with Crippen molar-refractivity contribution in [1.82, 2.24) is 9.97 Å². The lowest BCUT2D eigenvalue weighted by molar-refractivity contribution is 0.0690. The molecule has 94 valence electrons. The Hall–Kier alpha value is -1.99. The summed E-state index contributed by atoms with van der Waals surface area (Å²) in [5, 5.41) is 25.2. The molecule has 1 atom stereocenters. The topological polar surface area (TPSA) is 95.3 Å². The lowest BCUT2D eigenvalue weighted by Crippen LogP contribution is -2.13. The molecule has 7 heteroatoms. The number of hydrogen-bond donors (Lipinski definition) is 3. The summed E-state index contributed by atoms with van der Waals surface area (Å²) < 4.78 is 0. The van der Waals surface area contributed by atoms with Crippen molar-refractivity contribution >= 4 is 23.1 Å². The Balaban J connectivity index is 1.98. The van der Waals surface area contributed by atoms with Crippen LogP contribution in [0.1, 0.15) is 22.2 Å². The zero-order chi connectivity index (χ0) is 13.0. The van der Waals surface area contributed by atoms with Gasteiger partial charge in [0.1, 0.15) is 5.82 Å². The van der Waals surface area contributed by atoms with Crippen LogP contribution in [-0.4, -0.2) is 32.7 Å². The summed E-state index contributed by atoms with van der Waals surface area (Å²) >= 11 is 1.50. The number of carboxylic acids is 1. The average molecular weight is 265 g/mol. The Bertz CT molecular complexity index is 530. The van der Waals surface area contributed by atoms with E-state index in [0.29, 0.717) is 5.82 Å². The van der Waals surface area contributed by atoms with E-state index in [1.807, 2.05) is 16.8 Å². The maximum Gasteiger partial charge on any atom is 0.356 e. The molecule has 0 aromatic carbocycles. The monoisotopic (exact) mass is 265 g/mol. The van der Waals surface area contributed by atoms with Gasteiger partial charge in [0.05, 0.1) is 18.5 Å². The molecule has 6 nitrogen and oxygen atoms in total. The van der Waals surface area contributed by atoms with Gasteiger partial charge in [0, 0.05) is 6.54 Å². The van der Waals surface area contributed by atoms with Crippen molar-refractivity contribution in [3.8, 4) is 0 Å². The molecule has 2 rings (SSSR count). The second-order valence-corrected chi connectivity index (χ2v) is 4.33. The molecule has 2 aromatic rings. The van der Waals surface area contributed by atoms with Crippen molar-refractivity contribution in [2.75, 3.05) is 11.9 Å². The SMILES string of the molecule is O=C(O)c1cncc(NCC(O)c2ccsc2)n1. The fourth-order valence-electron chi connectivity index (χ4n) is 1.34. The number of aromatic nitrogens is 2. The van der Waals surface area contributed by atoms with Gasteiger partial charge in [0.15, 0.2) is 5.69 Å². The number of hydrogen-bond acceptors (Lipinski definition) is 6. The minimum absolute atomic E-state index is 0.134. The highest BCUT2D eigenvalue weighted by Gasteiger charge is 2.09. The summed E-state index contributed by atoms with van der Waals surface area (Å²) in [6, 6.07) is 1.83. The third-order valence-corrected chi connectivity index (χ3v) is 2.96. The molecule has 2 aromatic heterocycles. The van der Waals surface area contributed by atoms with E-state index in [1.165, 1.54) is 23.7 Å². The number of carbonyl (C=O) groups is 1. The lowest BCUT2D eigenvalue weighted by Gasteiger charge is -2.10. The van der Waals surface area contributed by atoms with Crippen molar-refractivity contribution < 1.29 is 15.0 Å². The number of aromatic carboxylic acids is 1. The highest BCUT2D eigenvalue weighted by molar-refractivity contribution is 7.07. The van der Waals surface area contributed by atoms with Gasteiger partial charge in [-0.15, -0.1) is 0 Å². The third kappa shape index (κ3) is 3.02. The Morgan fingerprint density at radius 1 is 1.50 bits per heavy atom. The van der Waals surface area contributed by atoms with Gasteiger partial charge in [-0.1, -0.05) is 0 Å². The smallest absolute Gasteiger partial charge is 0.356 e. The second kappa shape index (κ2) is 5.56. The summed E-state index contributed by atoms with van der Waals surface area (Å²) in [4.78, 5) is 18.3. The molecule has 0 fully saturated rings. The molecule has 18 heavy (non-hydrogen) atoms. The zero-order valence-corrected chi connectivity index (χ0v) is 10.1. The van der Waals surface area contributed by atoms with Crippen molar-refractivity contribution in [3.63, 3.8) is 0 Å². The molecular weight excluding hydrogens is 254 g/mol. The number of carboxylic acid groups (broad SMARTS) is 1. The average Bonchev–Trinajstić information content (AvgIpc) is 2.90. The number of aliphatic hydroxyl groups excluding tert-OH is 1. The minimum Gasteiger partial charge on any atom is -0.476 e. The van der Waals surface area contributed by atoms with Crippen LogP contribution in [0.25, 0.3) is 0 Å². The molecule has 0 saturated carbocycles. The van der Waals surface area contributed by atoms with Crippen LogP contribution in [0.15, 0.2) is 29.2 Å². The van der Waals surface area contributed by atoms with E-state index in [-0.39, 0.29) is 12.2 Å².